The Bertz CT molecular complexity index is 1280. The van der Waals surface area contributed by atoms with Gasteiger partial charge in [-0.15, -0.1) is 9.67 Å². The number of nitrogens with one attached hydrogen (secondary N) is 3. The maximum atomic E-state index is 14.7. The van der Waals surface area contributed by atoms with Crippen LogP contribution >= 0.6 is 23.2 Å². The van der Waals surface area contributed by atoms with Crippen LogP contribution < -0.4 is 27.1 Å². The zero-order valence-corrected chi connectivity index (χ0v) is 16.7. The van der Waals surface area contributed by atoms with Gasteiger partial charge in [-0.25, -0.2) is 23.9 Å². The molecule has 1 aromatic carbocycles. The molecule has 0 aliphatic carbocycles. The van der Waals surface area contributed by atoms with E-state index >= 15 is 0 Å². The molecule has 0 fully saturated rings. The second kappa shape index (κ2) is 8.16. The lowest BCUT2D eigenvalue weighted by atomic mass is 10.1. The van der Waals surface area contributed by atoms with Crippen molar-refractivity contribution < 1.29 is 18.4 Å². The highest BCUT2D eigenvalue weighted by molar-refractivity contribution is 6.37. The Labute approximate surface area is 175 Å². The van der Waals surface area contributed by atoms with E-state index in [9.17, 15) is 23.6 Å². The molecule has 0 radical (unpaired) electrons. The van der Waals surface area contributed by atoms with Crippen molar-refractivity contribution in [1.29, 1.82) is 0 Å². The highest BCUT2D eigenvalue weighted by Gasteiger charge is 2.22. The minimum atomic E-state index is -1.31. The molecule has 0 bridgehead atoms. The monoisotopic (exact) mass is 459 g/mol. The third kappa shape index (κ3) is 4.00. The van der Waals surface area contributed by atoms with Crippen molar-refractivity contribution in [3.63, 3.8) is 0 Å². The highest BCUT2D eigenvalue weighted by Crippen LogP contribution is 2.41. The van der Waals surface area contributed by atoms with Gasteiger partial charge in [0.1, 0.15) is 5.02 Å². The molecule has 158 valence electrons. The topological polar surface area (TPSA) is 152 Å². The second-order valence-corrected chi connectivity index (χ2v) is 6.94. The van der Waals surface area contributed by atoms with Crippen molar-refractivity contribution >= 4 is 34.9 Å². The van der Waals surface area contributed by atoms with E-state index in [1.54, 1.807) is 19.0 Å². The van der Waals surface area contributed by atoms with E-state index in [1.165, 1.54) is 6.07 Å². The summed E-state index contributed by atoms with van der Waals surface area (Å²) in [5, 5.41) is 8.73. The van der Waals surface area contributed by atoms with Crippen molar-refractivity contribution in [3.8, 4) is 11.6 Å². The van der Waals surface area contributed by atoms with Crippen molar-refractivity contribution in [2.24, 2.45) is 0 Å². The number of H-pyrrole nitrogens is 2. The molecule has 0 saturated carbocycles. The smallest absolute Gasteiger partial charge is 0.434 e. The van der Waals surface area contributed by atoms with Crippen LogP contribution in [0.2, 0.25) is 10.0 Å². The maximum Gasteiger partial charge on any atom is 0.451 e. The second-order valence-electron chi connectivity index (χ2n) is 6.15. The van der Waals surface area contributed by atoms with Gasteiger partial charge in [0.2, 0.25) is 5.88 Å². The van der Waals surface area contributed by atoms with Gasteiger partial charge in [0.25, 0.3) is 5.56 Å². The summed E-state index contributed by atoms with van der Waals surface area (Å²) < 4.78 is 24.3. The number of anilines is 1. The molecule has 0 aliphatic rings. The van der Waals surface area contributed by atoms with Gasteiger partial charge in [-0.05, 0) is 12.0 Å². The number of halogens is 3. The van der Waals surface area contributed by atoms with Crippen molar-refractivity contribution in [2.75, 3.05) is 5.32 Å². The summed E-state index contributed by atoms with van der Waals surface area (Å²) in [5.74, 6) is -3.05. The van der Waals surface area contributed by atoms with Gasteiger partial charge in [0.15, 0.2) is 11.6 Å². The van der Waals surface area contributed by atoms with Gasteiger partial charge in [-0.3, -0.25) is 4.79 Å². The summed E-state index contributed by atoms with van der Waals surface area (Å²) in [5.41, 5.74) is -1.75. The standard InChI is InChI=1S/C16H12Cl2FN5O6/c1-5(2)6-3-9(21-22-13(6)25)29-12-7(17)4-8(11(19)10(12)18)20-14(26)24-15(27)23-30-16(24)28/h3-5H,1-2H3,(H,20,26)(H,22,25)(H,23,27). The lowest BCUT2D eigenvalue weighted by molar-refractivity contribution is 0.250. The van der Waals surface area contributed by atoms with E-state index in [0.717, 1.165) is 6.07 Å². The summed E-state index contributed by atoms with van der Waals surface area (Å²) in [6.45, 7) is 3.56. The number of carbonyl (C=O) groups excluding carboxylic acids is 1. The van der Waals surface area contributed by atoms with Crippen LogP contribution in [0.3, 0.4) is 0 Å². The Balaban J connectivity index is 1.95. The van der Waals surface area contributed by atoms with Crippen molar-refractivity contribution in [1.82, 2.24) is 19.9 Å². The number of hydrogen-bond donors (Lipinski definition) is 3. The number of hydrogen-bond acceptors (Lipinski definition) is 7. The summed E-state index contributed by atoms with van der Waals surface area (Å²) in [7, 11) is 0. The molecule has 2 aromatic heterocycles. The Morgan fingerprint density at radius 1 is 1.30 bits per heavy atom. The molecular weight excluding hydrogens is 448 g/mol. The lowest BCUT2D eigenvalue weighted by Crippen LogP contribution is -2.36. The number of amides is 1. The molecule has 0 saturated heterocycles. The fraction of sp³-hybridized carbons (Fsp3) is 0.188. The molecule has 0 aliphatic heterocycles. The van der Waals surface area contributed by atoms with E-state index in [1.807, 2.05) is 5.32 Å². The fourth-order valence-electron chi connectivity index (χ4n) is 2.36. The van der Waals surface area contributed by atoms with Crippen LogP contribution in [0.4, 0.5) is 14.9 Å². The molecule has 0 atom stereocenters. The Morgan fingerprint density at radius 3 is 2.60 bits per heavy atom. The van der Waals surface area contributed by atoms with Gasteiger partial charge in [-0.1, -0.05) is 37.0 Å². The molecule has 0 spiro atoms. The van der Waals surface area contributed by atoms with Gasteiger partial charge in [0.05, 0.1) is 10.7 Å². The van der Waals surface area contributed by atoms with Gasteiger partial charge in [-0.2, -0.15) is 5.16 Å². The Morgan fingerprint density at radius 2 is 2.00 bits per heavy atom. The van der Waals surface area contributed by atoms with Crippen LogP contribution in [0, 0.1) is 5.82 Å². The quantitative estimate of drug-likeness (QED) is 0.506. The van der Waals surface area contributed by atoms with Gasteiger partial charge < -0.3 is 14.6 Å². The lowest BCUT2D eigenvalue weighted by Gasteiger charge is -2.13. The number of aromatic nitrogens is 4. The van der Waals surface area contributed by atoms with Crippen LogP contribution in [0.5, 0.6) is 11.6 Å². The van der Waals surface area contributed by atoms with Crippen LogP contribution in [0.1, 0.15) is 25.3 Å². The molecule has 3 rings (SSSR count). The maximum absolute atomic E-state index is 14.7. The summed E-state index contributed by atoms with van der Waals surface area (Å²) in [6, 6.07) is 0.990. The van der Waals surface area contributed by atoms with E-state index in [2.05, 4.69) is 14.7 Å². The Hall–Kier alpha value is -3.38. The van der Waals surface area contributed by atoms with Gasteiger partial charge in [0, 0.05) is 11.6 Å². The summed E-state index contributed by atoms with van der Waals surface area (Å²) in [4.78, 5) is 46.6. The minimum Gasteiger partial charge on any atom is -0.434 e. The summed E-state index contributed by atoms with van der Waals surface area (Å²) >= 11 is 12.0. The van der Waals surface area contributed by atoms with Crippen LogP contribution in [0.25, 0.3) is 0 Å². The molecule has 14 heteroatoms. The van der Waals surface area contributed by atoms with E-state index in [-0.39, 0.29) is 27.1 Å². The number of nitrogens with zero attached hydrogens (tertiary/aromatic N) is 2. The first-order valence-electron chi connectivity index (χ1n) is 8.17. The fourth-order valence-corrected chi connectivity index (χ4v) is 2.89. The Kier molecular flexibility index (Phi) is 5.80. The molecule has 3 N–H and O–H groups in total. The zero-order valence-electron chi connectivity index (χ0n) is 15.2. The normalized spacial score (nSPS) is 11.0. The average Bonchev–Trinajstić information content (AvgIpc) is 3.02. The average molecular weight is 460 g/mol. The molecule has 2 heterocycles. The first kappa shape index (κ1) is 21.3. The third-order valence-electron chi connectivity index (χ3n) is 3.81. The van der Waals surface area contributed by atoms with Crippen LogP contribution in [-0.2, 0) is 0 Å². The van der Waals surface area contributed by atoms with E-state index in [4.69, 9.17) is 27.9 Å². The molecule has 30 heavy (non-hydrogen) atoms. The summed E-state index contributed by atoms with van der Waals surface area (Å²) in [6.07, 6.45) is 0. The molecule has 11 nitrogen and oxygen atoms in total. The number of ether oxygens (including phenoxy) is 1. The van der Waals surface area contributed by atoms with Crippen molar-refractivity contribution in [2.45, 2.75) is 19.8 Å². The largest absolute Gasteiger partial charge is 0.451 e. The molecular formula is C16H12Cl2FN5O6. The molecule has 0 unspecified atom stereocenters. The van der Waals surface area contributed by atoms with E-state index < -0.39 is 39.6 Å². The predicted octanol–water partition coefficient (Wildman–Crippen LogP) is 2.65. The van der Waals surface area contributed by atoms with Gasteiger partial charge >= 0.3 is 17.5 Å². The zero-order chi connectivity index (χ0) is 22.2. The van der Waals surface area contributed by atoms with Crippen molar-refractivity contribution in [3.05, 3.63) is 64.9 Å². The first-order chi connectivity index (χ1) is 14.1. The SMILES string of the molecule is CC(C)c1cc(Oc2c(Cl)cc(NC(=O)n3c(=O)[nH]oc3=O)c(F)c2Cl)n[nH]c1=O. The number of carbonyl (C=O) groups is 1. The number of rotatable bonds is 4. The molecule has 1 amide bonds. The first-order valence-corrected chi connectivity index (χ1v) is 8.92. The third-order valence-corrected chi connectivity index (χ3v) is 4.43. The van der Waals surface area contributed by atoms with E-state index in [0.29, 0.717) is 5.56 Å². The number of benzene rings is 1. The number of aromatic amines is 2. The van der Waals surface area contributed by atoms with Crippen LogP contribution in [0.15, 0.2) is 31.0 Å². The minimum absolute atomic E-state index is 0.0589. The highest BCUT2D eigenvalue weighted by atomic mass is 35.5. The predicted molar refractivity (Wildman–Crippen MR) is 103 cm³/mol. The van der Waals surface area contributed by atoms with Crippen LogP contribution in [-0.4, -0.2) is 26.0 Å². The molecule has 3 aromatic rings.